The van der Waals surface area contributed by atoms with E-state index in [1.165, 1.54) is 38.2 Å². The molecule has 1 aromatic carbocycles. The summed E-state index contributed by atoms with van der Waals surface area (Å²) in [5.74, 6) is 0.962. The summed E-state index contributed by atoms with van der Waals surface area (Å²) in [5, 5.41) is 0.0615. The van der Waals surface area contributed by atoms with Gasteiger partial charge in [0.1, 0.15) is 5.75 Å². The number of hydrogen-bond acceptors (Lipinski definition) is 6. The number of piperidine rings is 1. The maximum Gasteiger partial charge on any atom is 0.222 e. The third-order valence-corrected chi connectivity index (χ3v) is 8.36. The van der Waals surface area contributed by atoms with Gasteiger partial charge in [0.25, 0.3) is 0 Å². The van der Waals surface area contributed by atoms with Gasteiger partial charge in [-0.2, -0.15) is 0 Å². The average Bonchev–Trinajstić information content (AvgIpc) is 2.84. The lowest BCUT2D eigenvalue weighted by molar-refractivity contribution is -0.227. The molecule has 1 aromatic heterocycles. The highest BCUT2D eigenvalue weighted by Gasteiger charge is 2.42. The Morgan fingerprint density at radius 3 is 2.50 bits per heavy atom. The first-order valence-corrected chi connectivity index (χ1v) is 14.1. The van der Waals surface area contributed by atoms with Gasteiger partial charge in [-0.25, -0.2) is 13.4 Å². The van der Waals surface area contributed by atoms with E-state index in [0.717, 1.165) is 28.7 Å². The van der Waals surface area contributed by atoms with E-state index < -0.39 is 15.6 Å². The molecule has 0 bridgehead atoms. The third kappa shape index (κ3) is 4.98. The molecule has 5 rings (SSSR count). The molecule has 1 amide bonds. The first-order valence-electron chi connectivity index (χ1n) is 12.2. The molecule has 3 aliphatic rings. The number of carbonyl (C=O) groups is 1. The molecule has 34 heavy (non-hydrogen) atoms. The SMILES string of the molecule is CS(=O)(=O)c1ccc(-c2ccc3c(c2)COC2(CCN(C(=O)CC4CCCCC4)CC2)O3)cn1. The van der Waals surface area contributed by atoms with Crippen LogP contribution in [0.3, 0.4) is 0 Å². The predicted octanol–water partition coefficient (Wildman–Crippen LogP) is 4.35. The van der Waals surface area contributed by atoms with E-state index >= 15 is 0 Å². The number of rotatable bonds is 4. The molecular formula is C26H32N2O5S. The number of ether oxygens (including phenoxy) is 2. The van der Waals surface area contributed by atoms with Crippen LogP contribution in [0.15, 0.2) is 41.6 Å². The summed E-state index contributed by atoms with van der Waals surface area (Å²) in [7, 11) is -3.32. The maximum absolute atomic E-state index is 12.8. The van der Waals surface area contributed by atoms with Gasteiger partial charge >= 0.3 is 0 Å². The molecule has 3 heterocycles. The van der Waals surface area contributed by atoms with Crippen molar-refractivity contribution < 1.29 is 22.7 Å². The fraction of sp³-hybridized carbons (Fsp3) is 0.538. The van der Waals surface area contributed by atoms with Gasteiger partial charge in [-0.3, -0.25) is 4.79 Å². The van der Waals surface area contributed by atoms with Gasteiger partial charge in [0, 0.05) is 55.9 Å². The topological polar surface area (TPSA) is 85.8 Å². The highest BCUT2D eigenvalue weighted by Crippen LogP contribution is 2.39. The summed E-state index contributed by atoms with van der Waals surface area (Å²) in [6.45, 7) is 1.77. The lowest BCUT2D eigenvalue weighted by Crippen LogP contribution is -2.52. The van der Waals surface area contributed by atoms with Crippen molar-refractivity contribution in [1.29, 1.82) is 0 Å². The second-order valence-electron chi connectivity index (χ2n) is 9.87. The number of carbonyl (C=O) groups excluding carboxylic acids is 1. The zero-order valence-corrected chi connectivity index (χ0v) is 20.5. The van der Waals surface area contributed by atoms with Crippen molar-refractivity contribution in [2.24, 2.45) is 5.92 Å². The van der Waals surface area contributed by atoms with Crippen LogP contribution in [0.5, 0.6) is 5.75 Å². The Bertz CT molecular complexity index is 1150. The largest absolute Gasteiger partial charge is 0.462 e. The first kappa shape index (κ1) is 23.3. The first-order chi connectivity index (χ1) is 16.3. The van der Waals surface area contributed by atoms with Gasteiger partial charge in [-0.1, -0.05) is 25.3 Å². The zero-order valence-electron chi connectivity index (χ0n) is 19.7. The second-order valence-corrected chi connectivity index (χ2v) is 11.8. The maximum atomic E-state index is 12.8. The monoisotopic (exact) mass is 484 g/mol. The summed E-state index contributed by atoms with van der Waals surface area (Å²) in [6, 6.07) is 9.19. The van der Waals surface area contributed by atoms with Crippen molar-refractivity contribution in [3.63, 3.8) is 0 Å². The number of benzene rings is 1. The van der Waals surface area contributed by atoms with Gasteiger partial charge in [0.05, 0.1) is 6.61 Å². The lowest BCUT2D eigenvalue weighted by atomic mass is 9.86. The van der Waals surface area contributed by atoms with Crippen LogP contribution in [0, 0.1) is 5.92 Å². The number of hydrogen-bond donors (Lipinski definition) is 0. The van der Waals surface area contributed by atoms with Gasteiger partial charge in [-0.15, -0.1) is 0 Å². The number of fused-ring (bicyclic) bond motifs is 1. The molecule has 0 radical (unpaired) electrons. The Hall–Kier alpha value is -2.45. The summed E-state index contributed by atoms with van der Waals surface area (Å²) in [6.07, 6.45) is 10.9. The van der Waals surface area contributed by atoms with E-state index in [9.17, 15) is 13.2 Å². The van der Waals surface area contributed by atoms with Gasteiger partial charge < -0.3 is 14.4 Å². The van der Waals surface area contributed by atoms with Crippen molar-refractivity contribution in [1.82, 2.24) is 9.88 Å². The van der Waals surface area contributed by atoms with Crippen molar-refractivity contribution in [2.75, 3.05) is 19.3 Å². The van der Waals surface area contributed by atoms with Crippen LogP contribution < -0.4 is 4.74 Å². The average molecular weight is 485 g/mol. The number of pyridine rings is 1. The number of nitrogens with zero attached hydrogens (tertiary/aromatic N) is 2. The van der Waals surface area contributed by atoms with E-state index in [4.69, 9.17) is 9.47 Å². The quantitative estimate of drug-likeness (QED) is 0.641. The van der Waals surface area contributed by atoms with Gasteiger partial charge in [-0.05, 0) is 48.6 Å². The summed E-state index contributed by atoms with van der Waals surface area (Å²) in [5.41, 5.74) is 2.71. The van der Waals surface area contributed by atoms with E-state index in [1.807, 2.05) is 23.1 Å². The third-order valence-electron chi connectivity index (χ3n) is 7.36. The lowest BCUT2D eigenvalue weighted by Gasteiger charge is -2.44. The van der Waals surface area contributed by atoms with E-state index in [-0.39, 0.29) is 10.9 Å². The minimum atomic E-state index is -3.32. The number of aromatic nitrogens is 1. The van der Waals surface area contributed by atoms with Crippen LogP contribution in [-0.2, 0) is 26.0 Å². The zero-order chi connectivity index (χ0) is 23.8. The molecule has 8 heteroatoms. The molecule has 1 aliphatic carbocycles. The Balaban J connectivity index is 1.21. The smallest absolute Gasteiger partial charge is 0.222 e. The van der Waals surface area contributed by atoms with Gasteiger partial charge in [0.15, 0.2) is 14.9 Å². The van der Waals surface area contributed by atoms with Crippen molar-refractivity contribution in [3.05, 3.63) is 42.1 Å². The van der Waals surface area contributed by atoms with E-state index in [0.29, 0.717) is 44.9 Å². The normalized spacial score (nSPS) is 20.6. The molecule has 0 atom stereocenters. The highest BCUT2D eigenvalue weighted by molar-refractivity contribution is 7.90. The van der Waals surface area contributed by atoms with E-state index in [1.54, 1.807) is 12.3 Å². The molecule has 1 saturated heterocycles. The number of amides is 1. The molecule has 1 spiro atoms. The second kappa shape index (κ2) is 9.30. The van der Waals surface area contributed by atoms with Crippen molar-refractivity contribution in [2.45, 2.75) is 68.8 Å². The number of sulfone groups is 1. The molecule has 1 saturated carbocycles. The minimum Gasteiger partial charge on any atom is -0.462 e. The van der Waals surface area contributed by atoms with Crippen LogP contribution in [0.1, 0.15) is 56.9 Å². The molecule has 182 valence electrons. The summed E-state index contributed by atoms with van der Waals surface area (Å²) < 4.78 is 35.8. The van der Waals surface area contributed by atoms with Crippen LogP contribution in [0.25, 0.3) is 11.1 Å². The Morgan fingerprint density at radius 2 is 1.82 bits per heavy atom. The molecule has 0 unspecified atom stereocenters. The number of likely N-dealkylation sites (tertiary alicyclic amines) is 1. The molecule has 7 nitrogen and oxygen atoms in total. The Kier molecular flexibility index (Phi) is 6.37. The Morgan fingerprint density at radius 1 is 1.09 bits per heavy atom. The summed E-state index contributed by atoms with van der Waals surface area (Å²) >= 11 is 0. The van der Waals surface area contributed by atoms with Crippen LogP contribution in [-0.4, -0.2) is 49.3 Å². The molecule has 0 N–H and O–H groups in total. The van der Waals surface area contributed by atoms with Crippen LogP contribution >= 0.6 is 0 Å². The van der Waals surface area contributed by atoms with Crippen LogP contribution in [0.2, 0.25) is 0 Å². The predicted molar refractivity (Wildman–Crippen MR) is 128 cm³/mol. The molecule has 2 aliphatic heterocycles. The highest BCUT2D eigenvalue weighted by atomic mass is 32.2. The Labute approximate surface area is 201 Å². The molecular weight excluding hydrogens is 452 g/mol. The standard InChI is InChI=1S/C26H32N2O5S/c1-34(30,31)24-10-8-21(17-27-24)20-7-9-23-22(16-20)18-32-26(33-23)11-13-28(14-12-26)25(29)15-19-5-3-2-4-6-19/h7-10,16-17,19H,2-6,11-15,18H2,1H3. The van der Waals surface area contributed by atoms with Crippen LogP contribution in [0.4, 0.5) is 0 Å². The van der Waals surface area contributed by atoms with Crippen molar-refractivity contribution >= 4 is 15.7 Å². The minimum absolute atomic E-state index is 0.0615. The fourth-order valence-electron chi connectivity index (χ4n) is 5.29. The van der Waals surface area contributed by atoms with Crippen molar-refractivity contribution in [3.8, 4) is 16.9 Å². The molecule has 2 aromatic rings. The molecule has 2 fully saturated rings. The summed E-state index contributed by atoms with van der Waals surface area (Å²) in [4.78, 5) is 18.9. The fourth-order valence-corrected chi connectivity index (χ4v) is 5.85. The van der Waals surface area contributed by atoms with Gasteiger partial charge in [0.2, 0.25) is 11.7 Å². The van der Waals surface area contributed by atoms with E-state index in [2.05, 4.69) is 4.98 Å².